The van der Waals surface area contributed by atoms with Crippen molar-refractivity contribution in [2.24, 2.45) is 0 Å². The fraction of sp³-hybridized carbons (Fsp3) is 0.350. The third-order valence-electron chi connectivity index (χ3n) is 4.31. The van der Waals surface area contributed by atoms with Crippen LogP contribution < -0.4 is 10.1 Å². The van der Waals surface area contributed by atoms with Gasteiger partial charge in [0, 0.05) is 22.7 Å². The van der Waals surface area contributed by atoms with Crippen molar-refractivity contribution in [3.63, 3.8) is 0 Å². The molecule has 0 spiro atoms. The summed E-state index contributed by atoms with van der Waals surface area (Å²) in [5.74, 6) is 1.70. The van der Waals surface area contributed by atoms with Crippen LogP contribution in [-0.2, 0) is 12.0 Å². The van der Waals surface area contributed by atoms with E-state index >= 15 is 0 Å². The van der Waals surface area contributed by atoms with E-state index in [-0.39, 0.29) is 11.3 Å². The number of anilines is 1. The summed E-state index contributed by atoms with van der Waals surface area (Å²) in [6.45, 7) is 10.3. The minimum absolute atomic E-state index is 0.0593. The molecule has 7 nitrogen and oxygen atoms in total. The maximum atomic E-state index is 12.4. The Balaban J connectivity index is 1.61. The first kappa shape index (κ1) is 18.7. The SMILES string of the molecule is Cc1noc(C)c1COc1ccc(C(=O)Nc2cc(C(C)(C)C)[nH]n2)cc1. The summed E-state index contributed by atoms with van der Waals surface area (Å²) >= 11 is 0. The highest BCUT2D eigenvalue weighted by Gasteiger charge is 2.17. The number of hydrogen-bond donors (Lipinski definition) is 2. The molecule has 1 aromatic carbocycles. The predicted octanol–water partition coefficient (Wildman–Crippen LogP) is 4.14. The average Bonchev–Trinajstić information content (AvgIpc) is 3.21. The van der Waals surface area contributed by atoms with Crippen LogP contribution >= 0.6 is 0 Å². The number of rotatable bonds is 5. The third-order valence-corrected chi connectivity index (χ3v) is 4.31. The molecule has 0 saturated carbocycles. The van der Waals surface area contributed by atoms with Gasteiger partial charge < -0.3 is 14.6 Å². The van der Waals surface area contributed by atoms with Crippen molar-refractivity contribution in [2.45, 2.75) is 46.6 Å². The largest absolute Gasteiger partial charge is 0.489 e. The van der Waals surface area contributed by atoms with E-state index in [1.807, 2.05) is 19.9 Å². The molecule has 2 aromatic heterocycles. The topological polar surface area (TPSA) is 93.0 Å². The summed E-state index contributed by atoms with van der Waals surface area (Å²) in [7, 11) is 0. The van der Waals surface area contributed by atoms with Crippen LogP contribution in [0.25, 0.3) is 0 Å². The van der Waals surface area contributed by atoms with E-state index in [0.29, 0.717) is 23.7 Å². The molecule has 1 amide bonds. The number of hydrogen-bond acceptors (Lipinski definition) is 5. The van der Waals surface area contributed by atoms with Gasteiger partial charge in [-0.2, -0.15) is 5.10 Å². The summed E-state index contributed by atoms with van der Waals surface area (Å²) < 4.78 is 10.9. The predicted molar refractivity (Wildman–Crippen MR) is 102 cm³/mol. The van der Waals surface area contributed by atoms with Gasteiger partial charge >= 0.3 is 0 Å². The zero-order valence-corrected chi connectivity index (χ0v) is 16.2. The minimum atomic E-state index is -0.223. The lowest BCUT2D eigenvalue weighted by Gasteiger charge is -2.14. The highest BCUT2D eigenvalue weighted by molar-refractivity contribution is 6.03. The van der Waals surface area contributed by atoms with Crippen LogP contribution in [0.1, 0.15) is 53.8 Å². The number of amides is 1. The van der Waals surface area contributed by atoms with Crippen LogP contribution in [0.2, 0.25) is 0 Å². The standard InChI is InChI=1S/C20H24N4O3/c1-12-16(13(2)27-24-12)11-26-15-8-6-14(7-9-15)19(25)21-18-10-17(22-23-18)20(3,4)5/h6-10H,11H2,1-5H3,(H2,21,22,23,25). The Labute approximate surface area is 158 Å². The van der Waals surface area contributed by atoms with E-state index in [0.717, 1.165) is 22.7 Å². The Bertz CT molecular complexity index is 914. The van der Waals surface area contributed by atoms with Crippen molar-refractivity contribution in [1.29, 1.82) is 0 Å². The van der Waals surface area contributed by atoms with Crippen molar-refractivity contribution < 1.29 is 14.1 Å². The van der Waals surface area contributed by atoms with Gasteiger partial charge in [0.05, 0.1) is 11.3 Å². The van der Waals surface area contributed by atoms with E-state index in [1.165, 1.54) is 0 Å². The molecule has 0 fully saturated rings. The van der Waals surface area contributed by atoms with Crippen LogP contribution in [0.15, 0.2) is 34.9 Å². The maximum Gasteiger partial charge on any atom is 0.256 e. The fourth-order valence-corrected chi connectivity index (χ4v) is 2.52. The lowest BCUT2D eigenvalue weighted by atomic mass is 9.92. The first-order valence-corrected chi connectivity index (χ1v) is 8.76. The molecule has 0 radical (unpaired) electrons. The molecule has 7 heteroatoms. The zero-order chi connectivity index (χ0) is 19.6. The summed E-state index contributed by atoms with van der Waals surface area (Å²) in [6, 6.07) is 8.81. The molecule has 0 aliphatic carbocycles. The van der Waals surface area contributed by atoms with Gasteiger partial charge in [0.25, 0.3) is 5.91 Å². The van der Waals surface area contributed by atoms with E-state index in [4.69, 9.17) is 9.26 Å². The van der Waals surface area contributed by atoms with Gasteiger partial charge in [-0.1, -0.05) is 25.9 Å². The minimum Gasteiger partial charge on any atom is -0.489 e. The van der Waals surface area contributed by atoms with Gasteiger partial charge in [-0.05, 0) is 38.1 Å². The molecular formula is C20H24N4O3. The second-order valence-corrected chi connectivity index (χ2v) is 7.49. The van der Waals surface area contributed by atoms with Crippen molar-refractivity contribution in [3.8, 4) is 5.75 Å². The van der Waals surface area contributed by atoms with E-state index in [2.05, 4.69) is 41.4 Å². The molecule has 0 unspecified atom stereocenters. The second-order valence-electron chi connectivity index (χ2n) is 7.49. The molecule has 27 heavy (non-hydrogen) atoms. The van der Waals surface area contributed by atoms with Crippen molar-refractivity contribution in [2.75, 3.05) is 5.32 Å². The first-order chi connectivity index (χ1) is 12.7. The van der Waals surface area contributed by atoms with Crippen molar-refractivity contribution in [1.82, 2.24) is 15.4 Å². The molecular weight excluding hydrogens is 344 g/mol. The van der Waals surface area contributed by atoms with E-state index in [1.54, 1.807) is 24.3 Å². The third kappa shape index (κ3) is 4.36. The van der Waals surface area contributed by atoms with Gasteiger partial charge in [0.1, 0.15) is 18.1 Å². The Hall–Kier alpha value is -3.09. The lowest BCUT2D eigenvalue weighted by molar-refractivity contribution is 0.102. The number of nitrogens with zero attached hydrogens (tertiary/aromatic N) is 2. The number of aryl methyl sites for hydroxylation is 2. The highest BCUT2D eigenvalue weighted by Crippen LogP contribution is 2.22. The quantitative estimate of drug-likeness (QED) is 0.706. The van der Waals surface area contributed by atoms with Gasteiger partial charge in [-0.25, -0.2) is 0 Å². The maximum absolute atomic E-state index is 12.4. The summed E-state index contributed by atoms with van der Waals surface area (Å²) in [6.07, 6.45) is 0. The van der Waals surface area contributed by atoms with Gasteiger partial charge in [-0.3, -0.25) is 9.89 Å². The van der Waals surface area contributed by atoms with Crippen molar-refractivity contribution >= 4 is 11.7 Å². The number of H-pyrrole nitrogens is 1. The number of nitrogens with one attached hydrogen (secondary N) is 2. The molecule has 2 N–H and O–H groups in total. The highest BCUT2D eigenvalue weighted by atomic mass is 16.5. The number of aromatic amines is 1. The van der Waals surface area contributed by atoms with Crippen LogP contribution in [0, 0.1) is 13.8 Å². The van der Waals surface area contributed by atoms with Crippen molar-refractivity contribution in [3.05, 3.63) is 58.6 Å². The Morgan fingerprint density at radius 1 is 1.22 bits per heavy atom. The van der Waals surface area contributed by atoms with E-state index < -0.39 is 0 Å². The number of ether oxygens (including phenoxy) is 1. The number of carbonyl (C=O) groups excluding carboxylic acids is 1. The molecule has 3 rings (SSSR count). The smallest absolute Gasteiger partial charge is 0.256 e. The van der Waals surface area contributed by atoms with Crippen LogP contribution in [0.5, 0.6) is 5.75 Å². The first-order valence-electron chi connectivity index (χ1n) is 8.76. The summed E-state index contributed by atoms with van der Waals surface area (Å²) in [5.41, 5.74) is 3.18. The van der Waals surface area contributed by atoms with Gasteiger partial charge in [-0.15, -0.1) is 0 Å². The molecule has 142 valence electrons. The summed E-state index contributed by atoms with van der Waals surface area (Å²) in [4.78, 5) is 12.4. The van der Waals surface area contributed by atoms with E-state index in [9.17, 15) is 4.79 Å². The lowest BCUT2D eigenvalue weighted by Crippen LogP contribution is -2.12. The molecule has 2 heterocycles. The Kier molecular flexibility index (Phi) is 5.03. The molecule has 3 aromatic rings. The van der Waals surface area contributed by atoms with Gasteiger partial charge in [0.15, 0.2) is 5.82 Å². The van der Waals surface area contributed by atoms with Crippen LogP contribution in [-0.4, -0.2) is 21.3 Å². The van der Waals surface area contributed by atoms with Crippen LogP contribution in [0.3, 0.4) is 0 Å². The number of benzene rings is 1. The Morgan fingerprint density at radius 2 is 1.93 bits per heavy atom. The molecule has 0 atom stereocenters. The normalized spacial score (nSPS) is 11.4. The monoisotopic (exact) mass is 368 g/mol. The fourth-order valence-electron chi connectivity index (χ4n) is 2.52. The molecule has 0 aliphatic heterocycles. The van der Waals surface area contributed by atoms with Gasteiger partial charge in [0.2, 0.25) is 0 Å². The average molecular weight is 368 g/mol. The number of carbonyl (C=O) groups is 1. The number of aromatic nitrogens is 3. The van der Waals surface area contributed by atoms with Crippen LogP contribution in [0.4, 0.5) is 5.82 Å². The summed E-state index contributed by atoms with van der Waals surface area (Å²) in [5, 5.41) is 13.8. The second kappa shape index (κ2) is 7.26. The molecule has 0 aliphatic rings. The molecule has 0 bridgehead atoms. The Morgan fingerprint density at radius 3 is 2.48 bits per heavy atom. The zero-order valence-electron chi connectivity index (χ0n) is 16.2. The molecule has 0 saturated heterocycles.